The largest absolute Gasteiger partial charge is 0.308 e. The first-order chi connectivity index (χ1) is 21.8. The standard InChI is InChI=1S/C39H27N5/c1-2-8-30(9-3-1)43-36-13-7-5-11-33(36)38-37(43)25-34-32-10-4-6-12-35(32)44(39(34)42-38)31-23-28(26-14-18-40-19-15-26)22-29(24-31)27-16-20-41-21-17-27/h1-16,18-25,27H,17H2. The maximum absolute atomic E-state index is 5.51. The van der Waals surface area contributed by atoms with Crippen molar-refractivity contribution < 1.29 is 0 Å². The molecule has 0 aliphatic carbocycles. The Morgan fingerprint density at radius 2 is 1.34 bits per heavy atom. The molecule has 0 N–H and O–H groups in total. The number of nitrogens with zero attached hydrogens (tertiary/aromatic N) is 5. The zero-order valence-corrected chi connectivity index (χ0v) is 23.9. The molecule has 5 heterocycles. The van der Waals surface area contributed by atoms with Gasteiger partial charge in [-0.15, -0.1) is 0 Å². The Balaban J connectivity index is 1.38. The van der Waals surface area contributed by atoms with Crippen molar-refractivity contribution in [3.63, 3.8) is 0 Å². The zero-order valence-electron chi connectivity index (χ0n) is 23.9. The highest BCUT2D eigenvalue weighted by Crippen LogP contribution is 2.39. The molecule has 4 aromatic heterocycles. The lowest BCUT2D eigenvalue weighted by Gasteiger charge is -2.18. The van der Waals surface area contributed by atoms with Gasteiger partial charge in [-0.05, 0) is 77.7 Å². The van der Waals surface area contributed by atoms with Crippen LogP contribution in [0.25, 0.3) is 66.4 Å². The van der Waals surface area contributed by atoms with E-state index in [1.807, 2.05) is 24.8 Å². The van der Waals surface area contributed by atoms with E-state index in [2.05, 4.69) is 140 Å². The summed E-state index contributed by atoms with van der Waals surface area (Å²) >= 11 is 0. The fourth-order valence-corrected chi connectivity index (χ4v) is 6.76. The van der Waals surface area contributed by atoms with Gasteiger partial charge in [0.25, 0.3) is 0 Å². The van der Waals surface area contributed by atoms with Crippen molar-refractivity contribution in [1.29, 1.82) is 0 Å². The molecule has 0 bridgehead atoms. The molecular weight excluding hydrogens is 538 g/mol. The number of hydrogen-bond acceptors (Lipinski definition) is 3. The summed E-state index contributed by atoms with van der Waals surface area (Å²) in [6.45, 7) is 0. The molecule has 9 rings (SSSR count). The van der Waals surface area contributed by atoms with Crippen molar-refractivity contribution in [2.75, 3.05) is 0 Å². The van der Waals surface area contributed by atoms with E-state index in [1.165, 1.54) is 10.9 Å². The zero-order chi connectivity index (χ0) is 29.0. The van der Waals surface area contributed by atoms with Crippen LogP contribution in [-0.4, -0.2) is 25.3 Å². The molecule has 1 aliphatic heterocycles. The van der Waals surface area contributed by atoms with Gasteiger partial charge in [-0.2, -0.15) is 0 Å². The third kappa shape index (κ3) is 3.83. The van der Waals surface area contributed by atoms with Crippen molar-refractivity contribution in [1.82, 2.24) is 19.1 Å². The molecule has 1 unspecified atom stereocenters. The van der Waals surface area contributed by atoms with Crippen LogP contribution in [-0.2, 0) is 0 Å². The second kappa shape index (κ2) is 9.89. The average molecular weight is 566 g/mol. The van der Waals surface area contributed by atoms with Gasteiger partial charge in [-0.25, -0.2) is 4.98 Å². The molecule has 5 heteroatoms. The second-order valence-corrected chi connectivity index (χ2v) is 11.3. The summed E-state index contributed by atoms with van der Waals surface area (Å²) in [5.41, 5.74) is 11.1. The van der Waals surface area contributed by atoms with Gasteiger partial charge >= 0.3 is 0 Å². The van der Waals surface area contributed by atoms with Crippen molar-refractivity contribution in [2.24, 2.45) is 4.99 Å². The molecular formula is C39H27N5. The molecule has 208 valence electrons. The first-order valence-corrected chi connectivity index (χ1v) is 15.0. The summed E-state index contributed by atoms with van der Waals surface area (Å²) in [6, 6.07) is 41.2. The first-order valence-electron chi connectivity index (χ1n) is 15.0. The summed E-state index contributed by atoms with van der Waals surface area (Å²) in [6.07, 6.45) is 10.7. The number of benzene rings is 4. The van der Waals surface area contributed by atoms with Crippen LogP contribution in [0.2, 0.25) is 0 Å². The number of rotatable bonds is 4. The summed E-state index contributed by atoms with van der Waals surface area (Å²) in [4.78, 5) is 14.1. The second-order valence-electron chi connectivity index (χ2n) is 11.3. The minimum Gasteiger partial charge on any atom is -0.308 e. The predicted molar refractivity (Wildman–Crippen MR) is 181 cm³/mol. The Morgan fingerprint density at radius 3 is 2.14 bits per heavy atom. The Labute approximate surface area is 254 Å². The summed E-state index contributed by atoms with van der Waals surface area (Å²) < 4.78 is 4.68. The highest BCUT2D eigenvalue weighted by molar-refractivity contribution is 6.15. The Morgan fingerprint density at radius 1 is 0.591 bits per heavy atom. The van der Waals surface area contributed by atoms with Gasteiger partial charge in [0.1, 0.15) is 5.65 Å². The summed E-state index contributed by atoms with van der Waals surface area (Å²) in [7, 11) is 0. The van der Waals surface area contributed by atoms with Gasteiger partial charge in [0, 0.05) is 58.3 Å². The molecule has 8 aromatic rings. The number of para-hydroxylation sites is 3. The Bertz CT molecular complexity index is 2410. The van der Waals surface area contributed by atoms with E-state index in [-0.39, 0.29) is 5.92 Å². The Hall–Kier alpha value is -5.81. The monoisotopic (exact) mass is 565 g/mol. The smallest absolute Gasteiger partial charge is 0.146 e. The number of pyridine rings is 2. The van der Waals surface area contributed by atoms with E-state index in [0.717, 1.165) is 67.4 Å². The molecule has 44 heavy (non-hydrogen) atoms. The highest BCUT2D eigenvalue weighted by atomic mass is 15.1. The van der Waals surface area contributed by atoms with Gasteiger partial charge in [-0.1, -0.05) is 66.7 Å². The first kappa shape index (κ1) is 24.8. The maximum atomic E-state index is 5.51. The van der Waals surface area contributed by atoms with Crippen molar-refractivity contribution in [2.45, 2.75) is 12.3 Å². The van der Waals surface area contributed by atoms with Crippen LogP contribution in [0.4, 0.5) is 0 Å². The van der Waals surface area contributed by atoms with E-state index >= 15 is 0 Å². The van der Waals surface area contributed by atoms with E-state index in [9.17, 15) is 0 Å². The number of fused-ring (bicyclic) bond motifs is 6. The SMILES string of the molecule is C1=CC(c2cc(-c3ccncc3)cc(-n3c4ccccc4c4cc5c(nc43)c3ccccc3n5-c3ccccc3)c2)CC=N1. The molecule has 0 amide bonds. The third-order valence-corrected chi connectivity index (χ3v) is 8.79. The number of aromatic nitrogens is 4. The summed E-state index contributed by atoms with van der Waals surface area (Å²) in [5.74, 6) is 0.254. The van der Waals surface area contributed by atoms with Gasteiger partial charge in [0.15, 0.2) is 0 Å². The molecule has 5 nitrogen and oxygen atoms in total. The number of hydrogen-bond donors (Lipinski definition) is 0. The van der Waals surface area contributed by atoms with E-state index in [4.69, 9.17) is 4.98 Å². The Kier molecular flexibility index (Phi) is 5.56. The lowest BCUT2D eigenvalue weighted by atomic mass is 9.91. The molecule has 0 spiro atoms. The number of aliphatic imine (C=N–C) groups is 1. The molecule has 0 radical (unpaired) electrons. The van der Waals surface area contributed by atoms with Crippen LogP contribution in [0.1, 0.15) is 17.9 Å². The van der Waals surface area contributed by atoms with Crippen molar-refractivity contribution in [3.8, 4) is 22.5 Å². The maximum Gasteiger partial charge on any atom is 0.146 e. The third-order valence-electron chi connectivity index (χ3n) is 8.79. The molecule has 0 saturated carbocycles. The lowest BCUT2D eigenvalue weighted by molar-refractivity contribution is 0.885. The van der Waals surface area contributed by atoms with Crippen LogP contribution in [0.15, 0.2) is 145 Å². The van der Waals surface area contributed by atoms with Crippen LogP contribution in [0.5, 0.6) is 0 Å². The molecule has 0 saturated heterocycles. The fourth-order valence-electron chi connectivity index (χ4n) is 6.76. The van der Waals surface area contributed by atoms with Crippen LogP contribution >= 0.6 is 0 Å². The molecule has 1 aliphatic rings. The normalized spacial score (nSPS) is 14.8. The van der Waals surface area contributed by atoms with Crippen LogP contribution in [0.3, 0.4) is 0 Å². The minimum absolute atomic E-state index is 0.254. The molecule has 4 aromatic carbocycles. The molecule has 0 fully saturated rings. The lowest BCUT2D eigenvalue weighted by Crippen LogP contribution is -2.03. The van der Waals surface area contributed by atoms with Crippen LogP contribution in [0, 0.1) is 0 Å². The van der Waals surface area contributed by atoms with Crippen molar-refractivity contribution >= 4 is 50.1 Å². The van der Waals surface area contributed by atoms with E-state index in [0.29, 0.717) is 0 Å². The fraction of sp³-hybridized carbons (Fsp3) is 0.0513. The van der Waals surface area contributed by atoms with Crippen molar-refractivity contribution in [3.05, 3.63) is 145 Å². The minimum atomic E-state index is 0.254. The number of allylic oxidation sites excluding steroid dienone is 1. The van der Waals surface area contributed by atoms with Crippen LogP contribution < -0.4 is 0 Å². The van der Waals surface area contributed by atoms with Gasteiger partial charge < -0.3 is 4.57 Å². The highest BCUT2D eigenvalue weighted by Gasteiger charge is 2.21. The van der Waals surface area contributed by atoms with Gasteiger partial charge in [-0.3, -0.25) is 14.5 Å². The average Bonchev–Trinajstić information content (AvgIpc) is 3.60. The van der Waals surface area contributed by atoms with E-state index in [1.54, 1.807) is 0 Å². The quantitative estimate of drug-likeness (QED) is 0.213. The predicted octanol–water partition coefficient (Wildman–Crippen LogP) is 9.41. The molecule has 1 atom stereocenters. The van der Waals surface area contributed by atoms with E-state index < -0.39 is 0 Å². The topological polar surface area (TPSA) is 48.0 Å². The van der Waals surface area contributed by atoms with Gasteiger partial charge in [0.05, 0.1) is 22.1 Å². The summed E-state index contributed by atoms with van der Waals surface area (Å²) in [5, 5.41) is 3.46. The van der Waals surface area contributed by atoms with Gasteiger partial charge in [0.2, 0.25) is 0 Å².